The lowest BCUT2D eigenvalue weighted by atomic mass is 9.75. The van der Waals surface area contributed by atoms with Gasteiger partial charge in [0, 0.05) is 17.0 Å². The number of hydrogen-bond acceptors (Lipinski definition) is 3. The van der Waals surface area contributed by atoms with Crippen molar-refractivity contribution in [3.63, 3.8) is 0 Å². The quantitative estimate of drug-likeness (QED) is 0.719. The van der Waals surface area contributed by atoms with E-state index < -0.39 is 0 Å². The molecule has 3 rings (SSSR count). The molecule has 1 fully saturated rings. The first kappa shape index (κ1) is 16.6. The Morgan fingerprint density at radius 1 is 1.09 bits per heavy atom. The smallest absolute Gasteiger partial charge is 0.126 e. The minimum atomic E-state index is 0.248. The molecule has 1 aromatic rings. The lowest BCUT2D eigenvalue weighted by Crippen LogP contribution is -2.40. The van der Waals surface area contributed by atoms with E-state index in [2.05, 4.69) is 30.4 Å². The van der Waals surface area contributed by atoms with Crippen molar-refractivity contribution in [3.05, 3.63) is 23.8 Å². The number of hydrogen-bond donors (Lipinski definition) is 1. The maximum atomic E-state index is 6.00. The standard InChI is InChI=1S/C20H31NO2/c1-2-3-4-5-6-7-14-22-17-8-9-18-19(15-17)23-16-20(18)10-12-21-13-11-20/h8-9,15,21H,2-7,10-14,16H2,1H3. The van der Waals surface area contributed by atoms with Crippen molar-refractivity contribution in [1.82, 2.24) is 5.32 Å². The summed E-state index contributed by atoms with van der Waals surface area (Å²) in [4.78, 5) is 0. The topological polar surface area (TPSA) is 30.5 Å². The molecule has 2 aliphatic rings. The van der Waals surface area contributed by atoms with Crippen LogP contribution in [0.2, 0.25) is 0 Å². The predicted molar refractivity (Wildman–Crippen MR) is 94.6 cm³/mol. The molecule has 23 heavy (non-hydrogen) atoms. The Kier molecular flexibility index (Phi) is 5.82. The second kappa shape index (κ2) is 8.05. The van der Waals surface area contributed by atoms with Gasteiger partial charge in [0.1, 0.15) is 11.5 Å². The first-order valence-corrected chi connectivity index (χ1v) is 9.45. The molecule has 0 amide bonds. The lowest BCUT2D eigenvalue weighted by Gasteiger charge is -2.32. The molecule has 0 unspecified atom stereocenters. The molecule has 2 aliphatic heterocycles. The summed E-state index contributed by atoms with van der Waals surface area (Å²) in [6.07, 6.45) is 10.1. The molecule has 0 atom stereocenters. The molecule has 0 aromatic heterocycles. The van der Waals surface area contributed by atoms with Crippen LogP contribution in [0.3, 0.4) is 0 Å². The zero-order chi connectivity index (χ0) is 16.0. The van der Waals surface area contributed by atoms with E-state index in [0.717, 1.165) is 44.2 Å². The van der Waals surface area contributed by atoms with Crippen LogP contribution in [0, 0.1) is 0 Å². The van der Waals surface area contributed by atoms with E-state index in [1.54, 1.807) is 0 Å². The van der Waals surface area contributed by atoms with E-state index in [1.165, 1.54) is 50.5 Å². The van der Waals surface area contributed by atoms with E-state index in [1.807, 2.05) is 0 Å². The minimum absolute atomic E-state index is 0.248. The molecular weight excluding hydrogens is 286 g/mol. The van der Waals surface area contributed by atoms with Gasteiger partial charge in [-0.2, -0.15) is 0 Å². The summed E-state index contributed by atoms with van der Waals surface area (Å²) < 4.78 is 11.9. The number of fused-ring (bicyclic) bond motifs is 2. The van der Waals surface area contributed by atoms with Gasteiger partial charge in [-0.25, -0.2) is 0 Å². The maximum Gasteiger partial charge on any atom is 0.126 e. The highest BCUT2D eigenvalue weighted by Crippen LogP contribution is 2.45. The summed E-state index contributed by atoms with van der Waals surface area (Å²) in [5.74, 6) is 2.01. The second-order valence-corrected chi connectivity index (χ2v) is 7.09. The monoisotopic (exact) mass is 317 g/mol. The number of piperidine rings is 1. The number of nitrogens with one attached hydrogen (secondary N) is 1. The first-order chi connectivity index (χ1) is 11.3. The molecular formula is C20H31NO2. The van der Waals surface area contributed by atoms with Crippen LogP contribution >= 0.6 is 0 Å². The molecule has 0 radical (unpaired) electrons. The van der Waals surface area contributed by atoms with Gasteiger partial charge < -0.3 is 14.8 Å². The lowest BCUT2D eigenvalue weighted by molar-refractivity contribution is 0.220. The largest absolute Gasteiger partial charge is 0.493 e. The van der Waals surface area contributed by atoms with Crippen LogP contribution in [-0.4, -0.2) is 26.3 Å². The normalized spacial score (nSPS) is 18.7. The molecule has 2 heterocycles. The highest BCUT2D eigenvalue weighted by molar-refractivity contribution is 5.48. The van der Waals surface area contributed by atoms with Crippen molar-refractivity contribution in [1.29, 1.82) is 0 Å². The SMILES string of the molecule is CCCCCCCCOc1ccc2c(c1)OCC21CCNCC1. The van der Waals surface area contributed by atoms with Gasteiger partial charge >= 0.3 is 0 Å². The highest BCUT2D eigenvalue weighted by atomic mass is 16.5. The van der Waals surface area contributed by atoms with Crippen molar-refractivity contribution in [3.8, 4) is 11.5 Å². The van der Waals surface area contributed by atoms with Gasteiger partial charge in [-0.05, 0) is 38.4 Å². The Morgan fingerprint density at radius 2 is 1.87 bits per heavy atom. The third-order valence-corrected chi connectivity index (χ3v) is 5.36. The van der Waals surface area contributed by atoms with Crippen LogP contribution in [0.25, 0.3) is 0 Å². The average molecular weight is 317 g/mol. The van der Waals surface area contributed by atoms with Crippen LogP contribution < -0.4 is 14.8 Å². The molecule has 0 saturated carbocycles. The fraction of sp³-hybridized carbons (Fsp3) is 0.700. The van der Waals surface area contributed by atoms with Crippen LogP contribution in [0.5, 0.6) is 11.5 Å². The Morgan fingerprint density at radius 3 is 2.70 bits per heavy atom. The summed E-state index contributed by atoms with van der Waals surface area (Å²) in [7, 11) is 0. The minimum Gasteiger partial charge on any atom is -0.493 e. The van der Waals surface area contributed by atoms with E-state index in [-0.39, 0.29) is 5.41 Å². The molecule has 0 bridgehead atoms. The van der Waals surface area contributed by atoms with Crippen molar-refractivity contribution >= 4 is 0 Å². The van der Waals surface area contributed by atoms with Gasteiger partial charge in [-0.3, -0.25) is 0 Å². The van der Waals surface area contributed by atoms with E-state index in [9.17, 15) is 0 Å². The number of rotatable bonds is 8. The highest BCUT2D eigenvalue weighted by Gasteiger charge is 2.41. The van der Waals surface area contributed by atoms with Crippen LogP contribution in [0.4, 0.5) is 0 Å². The van der Waals surface area contributed by atoms with Crippen molar-refractivity contribution < 1.29 is 9.47 Å². The Bertz CT molecular complexity index is 494. The van der Waals surface area contributed by atoms with E-state index in [4.69, 9.17) is 9.47 Å². The Hall–Kier alpha value is -1.22. The summed E-state index contributed by atoms with van der Waals surface area (Å²) >= 11 is 0. The van der Waals surface area contributed by atoms with Gasteiger partial charge in [0.15, 0.2) is 0 Å². The summed E-state index contributed by atoms with van der Waals surface area (Å²) in [6, 6.07) is 6.47. The molecule has 1 N–H and O–H groups in total. The van der Waals surface area contributed by atoms with Crippen LogP contribution in [0.1, 0.15) is 63.9 Å². The van der Waals surface area contributed by atoms with Crippen molar-refractivity contribution in [2.75, 3.05) is 26.3 Å². The third-order valence-electron chi connectivity index (χ3n) is 5.36. The molecule has 3 nitrogen and oxygen atoms in total. The Labute approximate surface area is 140 Å². The zero-order valence-corrected chi connectivity index (χ0v) is 14.5. The molecule has 1 spiro atoms. The maximum absolute atomic E-state index is 6.00. The molecule has 1 saturated heterocycles. The van der Waals surface area contributed by atoms with Crippen LogP contribution in [-0.2, 0) is 5.41 Å². The average Bonchev–Trinajstić information content (AvgIpc) is 2.92. The first-order valence-electron chi connectivity index (χ1n) is 9.45. The van der Waals surface area contributed by atoms with Gasteiger partial charge in [-0.15, -0.1) is 0 Å². The van der Waals surface area contributed by atoms with Gasteiger partial charge in [-0.1, -0.05) is 45.1 Å². The Balaban J connectivity index is 1.48. The predicted octanol–water partition coefficient (Wildman–Crippen LogP) is 4.44. The summed E-state index contributed by atoms with van der Waals surface area (Å²) in [5, 5.41) is 3.45. The van der Waals surface area contributed by atoms with Gasteiger partial charge in [0.2, 0.25) is 0 Å². The zero-order valence-electron chi connectivity index (χ0n) is 14.5. The summed E-state index contributed by atoms with van der Waals surface area (Å²) in [6.45, 7) is 6.11. The molecule has 1 aromatic carbocycles. The number of benzene rings is 1. The van der Waals surface area contributed by atoms with E-state index >= 15 is 0 Å². The number of unbranched alkanes of at least 4 members (excludes halogenated alkanes) is 5. The number of ether oxygens (including phenoxy) is 2. The van der Waals surface area contributed by atoms with E-state index in [0.29, 0.717) is 0 Å². The molecule has 3 heteroatoms. The summed E-state index contributed by atoms with van der Waals surface area (Å²) in [5.41, 5.74) is 1.64. The van der Waals surface area contributed by atoms with Crippen molar-refractivity contribution in [2.24, 2.45) is 0 Å². The molecule has 0 aliphatic carbocycles. The second-order valence-electron chi connectivity index (χ2n) is 7.09. The fourth-order valence-corrected chi connectivity index (χ4v) is 3.84. The van der Waals surface area contributed by atoms with Crippen molar-refractivity contribution in [2.45, 2.75) is 63.7 Å². The van der Waals surface area contributed by atoms with Gasteiger partial charge in [0.05, 0.1) is 13.2 Å². The third kappa shape index (κ3) is 4.00. The van der Waals surface area contributed by atoms with Gasteiger partial charge in [0.25, 0.3) is 0 Å². The van der Waals surface area contributed by atoms with Crippen LogP contribution in [0.15, 0.2) is 18.2 Å². The molecule has 128 valence electrons. The fourth-order valence-electron chi connectivity index (χ4n) is 3.84.